The summed E-state index contributed by atoms with van der Waals surface area (Å²) in [5, 5.41) is 2.29. The van der Waals surface area contributed by atoms with Gasteiger partial charge in [-0.15, -0.1) is 0 Å². The van der Waals surface area contributed by atoms with E-state index in [2.05, 4.69) is 217 Å². The first-order valence-corrected chi connectivity index (χ1v) is 19.7. The first-order chi connectivity index (χ1) is 28.3. The average Bonchev–Trinajstić information content (AvgIpc) is 3.92. The number of furan rings is 1. The monoisotopic (exact) mass is 743 g/mol. The van der Waals surface area contributed by atoms with E-state index in [-0.39, 0.29) is 8.85 Å². The number of anilines is 3. The lowest BCUT2D eigenvalue weighted by Gasteiger charge is -2.36. The van der Waals surface area contributed by atoms with Gasteiger partial charge in [0.2, 0.25) is 0 Å². The summed E-state index contributed by atoms with van der Waals surface area (Å²) < 4.78 is 6.83. The third-order valence-electron chi connectivity index (χ3n) is 12.3. The molecule has 58 heavy (non-hydrogen) atoms. The molecular formula is C56H41NO. The maximum Gasteiger partial charge on any atom is 0.143 e. The molecule has 0 aliphatic heterocycles. The van der Waals surface area contributed by atoms with Crippen LogP contribution in [0, 0.1) is 0 Å². The zero-order valence-electron chi connectivity index (χ0n) is 31.1. The first kappa shape index (κ1) is 33.9. The molecule has 2 aliphatic carbocycles. The Morgan fingerprint density at radius 1 is 0.379 bits per heavy atom. The second-order valence-corrected chi connectivity index (χ2v) is 15.2. The number of benzene rings is 9. The molecule has 9 aromatic carbocycles. The summed E-state index contributed by atoms with van der Waals surface area (Å²) in [7, 11) is 0. The van der Waals surface area contributed by atoms with Gasteiger partial charge < -0.3 is 9.32 Å². The molecule has 1 atom stereocenters. The van der Waals surface area contributed by atoms with Gasteiger partial charge in [0, 0.05) is 34.7 Å². The molecule has 12 rings (SSSR count). The molecule has 0 amide bonds. The molecule has 1 aromatic heterocycles. The van der Waals surface area contributed by atoms with Crippen LogP contribution in [0.15, 0.2) is 217 Å². The Labute approximate surface area is 340 Å². The van der Waals surface area contributed by atoms with E-state index in [9.17, 15) is 0 Å². The second-order valence-electron chi connectivity index (χ2n) is 15.2. The smallest absolute Gasteiger partial charge is 0.143 e. The van der Waals surface area contributed by atoms with Crippen LogP contribution in [0.2, 0.25) is 0 Å². The van der Waals surface area contributed by atoms with E-state index in [1.54, 1.807) is 0 Å². The van der Waals surface area contributed by atoms with Crippen molar-refractivity contribution in [3.8, 4) is 44.5 Å². The van der Waals surface area contributed by atoms with E-state index in [0.29, 0.717) is 0 Å². The van der Waals surface area contributed by atoms with Crippen LogP contribution in [0.1, 0.15) is 31.1 Å². The van der Waals surface area contributed by atoms with E-state index in [0.717, 1.165) is 39.0 Å². The third-order valence-corrected chi connectivity index (χ3v) is 12.3. The van der Waals surface area contributed by atoms with E-state index < -0.39 is 5.41 Å². The summed E-state index contributed by atoms with van der Waals surface area (Å²) in [4.78, 5) is 2.47. The van der Waals surface area contributed by atoms with Crippen molar-refractivity contribution in [1.82, 2.24) is 0 Å². The largest absolute Gasteiger partial charge is 0.455 e. The van der Waals surface area contributed by atoms with Crippen molar-refractivity contribution in [2.75, 3.05) is 4.90 Å². The number of para-hydroxylation sites is 1. The van der Waals surface area contributed by atoms with E-state index in [1.807, 2.05) is 0 Å². The fraction of sp³-hybridized carbons (Fsp3) is 0.0357. The molecular weight excluding hydrogens is 703 g/mol. The Bertz CT molecular complexity index is 3080. The highest BCUT2D eigenvalue weighted by Gasteiger charge is 2.54. The van der Waals surface area contributed by atoms with Gasteiger partial charge in [-0.25, -0.2) is 0 Å². The maximum atomic E-state index is 6.83. The number of rotatable bonds is 5. The molecule has 0 N–H and O–H groups in total. The van der Waals surface area contributed by atoms with Crippen LogP contribution in [0.25, 0.3) is 66.4 Å². The normalized spacial score (nSPS) is 14.5. The lowest BCUT2D eigenvalue weighted by atomic mass is 9.70. The molecule has 2 nitrogen and oxygen atoms in total. The van der Waals surface area contributed by atoms with Gasteiger partial charge in [0.05, 0.1) is 11.1 Å². The van der Waals surface area contributed by atoms with Crippen LogP contribution in [0.5, 0.6) is 0 Å². The SMILES string of the molecule is C.[HH].c1ccc(-c2ccc(N(c3ccc(-c4ccccc4)cc3)c3cccc4c3C3(c5ccccc5-4)c4ccccc4-c4c3ccc3c4oc4ccccc43)cc2)cc1. The standard InChI is InChI=1S/C55H35NO.CH4.H2/c1-3-14-36(15-4-1)38-26-30-40(31-27-38)56(41-32-28-39(29-33-41)37-16-5-2-6-17-37)50-24-13-21-44-42-18-7-10-22-47(42)55(53(44)50)48-23-11-8-20-46(48)52-49(55)35-34-45-43-19-9-12-25-51(43)57-54(45)52;;/h1-35H;1H4;1H. The number of hydrogen-bond donors (Lipinski definition) is 0. The van der Waals surface area contributed by atoms with Gasteiger partial charge in [0.25, 0.3) is 0 Å². The van der Waals surface area contributed by atoms with Crippen molar-refractivity contribution in [2.45, 2.75) is 12.8 Å². The summed E-state index contributed by atoms with van der Waals surface area (Å²) in [6, 6.07) is 77.4. The Morgan fingerprint density at radius 2 is 0.897 bits per heavy atom. The highest BCUT2D eigenvalue weighted by atomic mass is 16.3. The summed E-state index contributed by atoms with van der Waals surface area (Å²) in [5.74, 6) is 0. The summed E-state index contributed by atoms with van der Waals surface area (Å²) in [6.07, 6.45) is 0. The van der Waals surface area contributed by atoms with Crippen LogP contribution in [0.4, 0.5) is 17.1 Å². The molecule has 276 valence electrons. The molecule has 10 aromatic rings. The minimum absolute atomic E-state index is 0. The first-order valence-electron chi connectivity index (χ1n) is 19.7. The fourth-order valence-electron chi connectivity index (χ4n) is 9.92. The Morgan fingerprint density at radius 3 is 1.55 bits per heavy atom. The predicted molar refractivity (Wildman–Crippen MR) is 244 cm³/mol. The molecule has 0 saturated carbocycles. The Kier molecular flexibility index (Phi) is 7.64. The molecule has 2 heteroatoms. The lowest BCUT2D eigenvalue weighted by Crippen LogP contribution is -2.28. The van der Waals surface area contributed by atoms with Crippen molar-refractivity contribution in [3.05, 3.63) is 235 Å². The van der Waals surface area contributed by atoms with Gasteiger partial charge >= 0.3 is 0 Å². The minimum Gasteiger partial charge on any atom is -0.455 e. The Balaban J connectivity index is 0.00000210. The van der Waals surface area contributed by atoms with Crippen molar-refractivity contribution >= 4 is 39.0 Å². The quantitative estimate of drug-likeness (QED) is 0.175. The van der Waals surface area contributed by atoms with Gasteiger partial charge in [-0.2, -0.15) is 0 Å². The maximum absolute atomic E-state index is 6.83. The van der Waals surface area contributed by atoms with Crippen molar-refractivity contribution < 1.29 is 5.84 Å². The average molecular weight is 744 g/mol. The third kappa shape index (κ3) is 4.72. The number of hydrogen-bond acceptors (Lipinski definition) is 2. The second kappa shape index (κ2) is 13.1. The zero-order valence-corrected chi connectivity index (χ0v) is 31.1. The van der Waals surface area contributed by atoms with Crippen molar-refractivity contribution in [1.29, 1.82) is 0 Å². The van der Waals surface area contributed by atoms with Crippen molar-refractivity contribution in [3.63, 3.8) is 0 Å². The highest BCUT2D eigenvalue weighted by molar-refractivity contribution is 6.13. The van der Waals surface area contributed by atoms with E-state index in [1.165, 1.54) is 66.8 Å². The van der Waals surface area contributed by atoms with E-state index >= 15 is 0 Å². The van der Waals surface area contributed by atoms with Gasteiger partial charge in [0.15, 0.2) is 0 Å². The van der Waals surface area contributed by atoms with Crippen LogP contribution < -0.4 is 4.90 Å². The molecule has 0 saturated heterocycles. The molecule has 1 heterocycles. The molecule has 0 bridgehead atoms. The molecule has 0 fully saturated rings. The van der Waals surface area contributed by atoms with Gasteiger partial charge in [-0.3, -0.25) is 0 Å². The van der Waals surface area contributed by atoms with Crippen molar-refractivity contribution in [2.24, 2.45) is 0 Å². The molecule has 1 unspecified atom stereocenters. The van der Waals surface area contributed by atoms with Crippen LogP contribution in [-0.4, -0.2) is 0 Å². The molecule has 2 aliphatic rings. The van der Waals surface area contributed by atoms with Crippen LogP contribution >= 0.6 is 0 Å². The fourth-order valence-corrected chi connectivity index (χ4v) is 9.92. The van der Waals surface area contributed by atoms with E-state index in [4.69, 9.17) is 4.42 Å². The lowest BCUT2D eigenvalue weighted by molar-refractivity contribution is 0.669. The summed E-state index contributed by atoms with van der Waals surface area (Å²) in [5.41, 5.74) is 19.4. The summed E-state index contributed by atoms with van der Waals surface area (Å²) >= 11 is 0. The number of nitrogens with zero attached hydrogens (tertiary/aromatic N) is 1. The zero-order chi connectivity index (χ0) is 37.5. The number of fused-ring (bicyclic) bond motifs is 14. The highest BCUT2D eigenvalue weighted by Crippen LogP contribution is 2.66. The predicted octanol–water partition coefficient (Wildman–Crippen LogP) is 15.6. The van der Waals surface area contributed by atoms with Gasteiger partial charge in [0.1, 0.15) is 11.2 Å². The topological polar surface area (TPSA) is 16.4 Å². The summed E-state index contributed by atoms with van der Waals surface area (Å²) in [6.45, 7) is 0. The Hall–Kier alpha value is -7.42. The minimum atomic E-state index is -0.589. The van der Waals surface area contributed by atoms with Crippen LogP contribution in [-0.2, 0) is 5.41 Å². The van der Waals surface area contributed by atoms with Crippen LogP contribution in [0.3, 0.4) is 0 Å². The molecule has 0 radical (unpaired) electrons. The molecule has 1 spiro atoms. The van der Waals surface area contributed by atoms with Gasteiger partial charge in [-0.1, -0.05) is 183 Å². The van der Waals surface area contributed by atoms with Gasteiger partial charge in [-0.05, 0) is 92.0 Å².